The molecule has 2 rings (SSSR count). The molecular formula is C9H4Cl2O3. The first-order valence-corrected chi connectivity index (χ1v) is 4.48. The van der Waals surface area contributed by atoms with E-state index < -0.39 is 0 Å². The van der Waals surface area contributed by atoms with Crippen LogP contribution in [-0.4, -0.2) is 5.78 Å². The van der Waals surface area contributed by atoms with Gasteiger partial charge in [-0.15, -0.1) is 0 Å². The molecule has 0 atom stereocenters. The van der Waals surface area contributed by atoms with Gasteiger partial charge in [-0.1, -0.05) is 0 Å². The lowest BCUT2D eigenvalue weighted by molar-refractivity contribution is 0.0983. The predicted octanol–water partition coefficient (Wildman–Crippen LogP) is 3.41. The molecule has 3 nitrogen and oxygen atoms in total. The molecule has 2 heterocycles. The van der Waals surface area contributed by atoms with E-state index in [1.165, 1.54) is 24.3 Å². The van der Waals surface area contributed by atoms with Crippen molar-refractivity contribution in [3.05, 3.63) is 46.2 Å². The lowest BCUT2D eigenvalue weighted by Gasteiger charge is -1.90. The summed E-state index contributed by atoms with van der Waals surface area (Å²) in [5.74, 6) is -0.133. The first-order chi connectivity index (χ1) is 6.66. The van der Waals surface area contributed by atoms with Gasteiger partial charge in [-0.25, -0.2) is 0 Å². The average molecular weight is 231 g/mol. The van der Waals surface area contributed by atoms with Gasteiger partial charge in [0.1, 0.15) is 0 Å². The Morgan fingerprint density at radius 3 is 1.64 bits per heavy atom. The smallest absolute Gasteiger partial charge is 0.263 e. The van der Waals surface area contributed by atoms with Gasteiger partial charge in [0, 0.05) is 0 Å². The van der Waals surface area contributed by atoms with E-state index in [2.05, 4.69) is 0 Å². The van der Waals surface area contributed by atoms with Crippen molar-refractivity contribution in [3.8, 4) is 0 Å². The highest BCUT2D eigenvalue weighted by molar-refractivity contribution is 6.29. The number of hydrogen-bond acceptors (Lipinski definition) is 3. The van der Waals surface area contributed by atoms with E-state index in [4.69, 9.17) is 32.0 Å². The topological polar surface area (TPSA) is 43.4 Å². The summed E-state index contributed by atoms with van der Waals surface area (Å²) in [6.07, 6.45) is 0. The highest BCUT2D eigenvalue weighted by Gasteiger charge is 2.16. The largest absolute Gasteiger partial charge is 0.441 e. The quantitative estimate of drug-likeness (QED) is 0.743. The molecular weight excluding hydrogens is 227 g/mol. The second kappa shape index (κ2) is 3.52. The number of halogens is 2. The van der Waals surface area contributed by atoms with Crippen LogP contribution < -0.4 is 0 Å². The minimum atomic E-state index is -0.385. The van der Waals surface area contributed by atoms with Gasteiger partial charge in [0.15, 0.2) is 22.0 Å². The lowest BCUT2D eigenvalue weighted by atomic mass is 10.2. The summed E-state index contributed by atoms with van der Waals surface area (Å²) in [7, 11) is 0. The summed E-state index contributed by atoms with van der Waals surface area (Å²) < 4.78 is 9.84. The number of furan rings is 2. The average Bonchev–Trinajstić information content (AvgIpc) is 2.73. The van der Waals surface area contributed by atoms with E-state index in [1.807, 2.05) is 0 Å². The fourth-order valence-corrected chi connectivity index (χ4v) is 1.29. The van der Waals surface area contributed by atoms with Crippen LogP contribution in [-0.2, 0) is 0 Å². The van der Waals surface area contributed by atoms with E-state index in [-0.39, 0.29) is 27.7 Å². The summed E-state index contributed by atoms with van der Waals surface area (Å²) in [6, 6.07) is 5.92. The second-order valence-electron chi connectivity index (χ2n) is 2.54. The van der Waals surface area contributed by atoms with Gasteiger partial charge in [-0.2, -0.15) is 0 Å². The Hall–Kier alpha value is -1.19. The molecule has 0 aliphatic carbocycles. The van der Waals surface area contributed by atoms with E-state index in [0.717, 1.165) is 0 Å². The van der Waals surface area contributed by atoms with Crippen molar-refractivity contribution < 1.29 is 13.6 Å². The minimum absolute atomic E-state index is 0.126. The maximum Gasteiger partial charge on any atom is 0.263 e. The highest BCUT2D eigenvalue weighted by Crippen LogP contribution is 2.20. The molecule has 5 heteroatoms. The number of hydrogen-bond donors (Lipinski definition) is 0. The van der Waals surface area contributed by atoms with Crippen LogP contribution in [0.2, 0.25) is 10.4 Å². The zero-order valence-electron chi connectivity index (χ0n) is 6.79. The molecule has 0 aliphatic heterocycles. The zero-order valence-corrected chi connectivity index (χ0v) is 8.30. The van der Waals surface area contributed by atoms with Gasteiger partial charge < -0.3 is 8.83 Å². The maximum absolute atomic E-state index is 11.6. The van der Waals surface area contributed by atoms with E-state index in [0.29, 0.717) is 0 Å². The monoisotopic (exact) mass is 230 g/mol. The predicted molar refractivity (Wildman–Crippen MR) is 50.9 cm³/mol. The van der Waals surface area contributed by atoms with Gasteiger partial charge >= 0.3 is 0 Å². The summed E-state index contributed by atoms with van der Waals surface area (Å²) in [5, 5.41) is 0.317. The van der Waals surface area contributed by atoms with E-state index in [9.17, 15) is 4.79 Å². The highest BCUT2D eigenvalue weighted by atomic mass is 35.5. The van der Waals surface area contributed by atoms with Gasteiger partial charge in [-0.3, -0.25) is 4.79 Å². The van der Waals surface area contributed by atoms with Crippen LogP contribution in [0.3, 0.4) is 0 Å². The molecule has 2 aromatic heterocycles. The fourth-order valence-electron chi connectivity index (χ4n) is 0.994. The molecule has 0 fully saturated rings. The lowest BCUT2D eigenvalue weighted by Crippen LogP contribution is -1.96. The van der Waals surface area contributed by atoms with Crippen LogP contribution >= 0.6 is 23.2 Å². The number of carbonyl (C=O) groups excluding carboxylic acids is 1. The van der Waals surface area contributed by atoms with Crippen LogP contribution in [0.5, 0.6) is 0 Å². The Balaban J connectivity index is 2.33. The molecule has 0 spiro atoms. The Morgan fingerprint density at radius 2 is 1.36 bits per heavy atom. The molecule has 0 unspecified atom stereocenters. The van der Waals surface area contributed by atoms with Crippen molar-refractivity contribution in [2.75, 3.05) is 0 Å². The van der Waals surface area contributed by atoms with Crippen LogP contribution in [0.25, 0.3) is 0 Å². The Kier molecular flexibility index (Phi) is 2.35. The Morgan fingerprint density at radius 1 is 0.929 bits per heavy atom. The molecule has 0 amide bonds. The van der Waals surface area contributed by atoms with Gasteiger partial charge in [-0.05, 0) is 47.5 Å². The van der Waals surface area contributed by atoms with Crippen LogP contribution in [0, 0.1) is 0 Å². The van der Waals surface area contributed by atoms with Crippen molar-refractivity contribution in [1.82, 2.24) is 0 Å². The molecule has 0 saturated carbocycles. The third-order valence-electron chi connectivity index (χ3n) is 1.59. The first-order valence-electron chi connectivity index (χ1n) is 3.72. The van der Waals surface area contributed by atoms with Crippen molar-refractivity contribution in [3.63, 3.8) is 0 Å². The van der Waals surface area contributed by atoms with Crippen molar-refractivity contribution >= 4 is 29.0 Å². The molecule has 0 aliphatic rings. The molecule has 0 bridgehead atoms. The number of ketones is 1. The zero-order chi connectivity index (χ0) is 10.1. The van der Waals surface area contributed by atoms with Crippen molar-refractivity contribution in [2.45, 2.75) is 0 Å². The molecule has 0 saturated heterocycles. The molecule has 72 valence electrons. The van der Waals surface area contributed by atoms with Gasteiger partial charge in [0.2, 0.25) is 0 Å². The number of carbonyl (C=O) groups is 1. The molecule has 0 N–H and O–H groups in total. The molecule has 2 aromatic rings. The molecule has 0 aromatic carbocycles. The SMILES string of the molecule is O=C(c1ccc(Cl)o1)c1ccc(Cl)o1. The third-order valence-corrected chi connectivity index (χ3v) is 2.00. The third kappa shape index (κ3) is 1.69. The number of rotatable bonds is 2. The van der Waals surface area contributed by atoms with Gasteiger partial charge in [0.05, 0.1) is 0 Å². The Labute approximate surface area is 89.2 Å². The van der Waals surface area contributed by atoms with Crippen LogP contribution in [0.1, 0.15) is 16.3 Å². The van der Waals surface area contributed by atoms with Crippen molar-refractivity contribution in [2.24, 2.45) is 0 Å². The van der Waals surface area contributed by atoms with Crippen LogP contribution in [0.15, 0.2) is 33.1 Å². The summed E-state index contributed by atoms with van der Waals surface area (Å²) >= 11 is 11.0. The normalized spacial score (nSPS) is 10.4. The van der Waals surface area contributed by atoms with Crippen LogP contribution in [0.4, 0.5) is 0 Å². The Bertz CT molecular complexity index is 428. The molecule has 14 heavy (non-hydrogen) atoms. The standard InChI is InChI=1S/C9H4Cl2O3/c10-7-3-1-5(13-7)9(12)6-2-4-8(11)14-6/h1-4H. The maximum atomic E-state index is 11.6. The van der Waals surface area contributed by atoms with Gasteiger partial charge in [0.25, 0.3) is 5.78 Å². The van der Waals surface area contributed by atoms with Crippen molar-refractivity contribution in [1.29, 1.82) is 0 Å². The summed E-state index contributed by atoms with van der Waals surface area (Å²) in [4.78, 5) is 11.6. The fraction of sp³-hybridized carbons (Fsp3) is 0. The molecule has 0 radical (unpaired) electrons. The first kappa shape index (κ1) is 9.37. The summed E-state index contributed by atoms with van der Waals surface area (Å²) in [5.41, 5.74) is 0. The minimum Gasteiger partial charge on any atom is -0.441 e. The van der Waals surface area contributed by atoms with E-state index in [1.54, 1.807) is 0 Å². The summed E-state index contributed by atoms with van der Waals surface area (Å²) in [6.45, 7) is 0. The van der Waals surface area contributed by atoms with E-state index >= 15 is 0 Å². The second-order valence-corrected chi connectivity index (χ2v) is 3.28.